The Balaban J connectivity index is 1.12. The summed E-state index contributed by atoms with van der Waals surface area (Å²) < 4.78 is 6.46. The number of amides is 1. The van der Waals surface area contributed by atoms with E-state index < -0.39 is 0 Å². The van der Waals surface area contributed by atoms with E-state index in [0.29, 0.717) is 35.8 Å². The van der Waals surface area contributed by atoms with Gasteiger partial charge < -0.3 is 15.3 Å². The molecule has 6 nitrogen and oxygen atoms in total. The third kappa shape index (κ3) is 4.24. The van der Waals surface area contributed by atoms with E-state index in [0.717, 1.165) is 48.8 Å². The Kier molecular flexibility index (Phi) is 5.55. The highest BCUT2D eigenvalue weighted by molar-refractivity contribution is 5.94. The highest BCUT2D eigenvalue weighted by Gasteiger charge is 2.49. The maximum absolute atomic E-state index is 12.3. The molecule has 1 aromatic carbocycles. The number of primary amides is 1. The van der Waals surface area contributed by atoms with Gasteiger partial charge in [0, 0.05) is 5.56 Å². The molecule has 33 heavy (non-hydrogen) atoms. The largest absolute Gasteiger partial charge is 0.490 e. The van der Waals surface area contributed by atoms with E-state index >= 15 is 0 Å². The topological polar surface area (TPSA) is 79.4 Å². The van der Waals surface area contributed by atoms with Gasteiger partial charge >= 0.3 is 0 Å². The molecule has 1 aromatic heterocycles. The van der Waals surface area contributed by atoms with E-state index in [2.05, 4.69) is 11.2 Å². The first-order valence-electron chi connectivity index (χ1n) is 12.9. The molecule has 6 heteroatoms. The highest BCUT2D eigenvalue weighted by atomic mass is 16.7. The maximum Gasteiger partial charge on any atom is 0.248 e. The van der Waals surface area contributed by atoms with Crippen LogP contribution in [0.1, 0.15) is 79.6 Å². The number of carbonyl (C=O) groups is 1. The number of aromatic nitrogens is 2. The fourth-order valence-electron chi connectivity index (χ4n) is 7.67. The molecular formula is C27H35N3O3. The molecule has 2 aromatic rings. The lowest BCUT2D eigenvalue weighted by Gasteiger charge is -2.55. The molecule has 1 heterocycles. The number of rotatable bonds is 7. The second-order valence-electron chi connectivity index (χ2n) is 11.0. The lowest BCUT2D eigenvalue weighted by molar-refractivity contribution is -0.00311. The van der Waals surface area contributed by atoms with Gasteiger partial charge in [0.2, 0.25) is 5.91 Å². The zero-order chi connectivity index (χ0) is 22.4. The molecular weight excluding hydrogens is 414 g/mol. The summed E-state index contributed by atoms with van der Waals surface area (Å²) in [7, 11) is 0. The minimum absolute atomic E-state index is 0.219. The molecule has 0 atom stereocenters. The number of carbonyl (C=O) groups excluding carboxylic acids is 1. The van der Waals surface area contributed by atoms with Gasteiger partial charge in [-0.05, 0) is 123 Å². The summed E-state index contributed by atoms with van der Waals surface area (Å²) in [5.41, 5.74) is 7.69. The van der Waals surface area contributed by atoms with Crippen molar-refractivity contribution in [2.24, 2.45) is 35.3 Å². The summed E-state index contributed by atoms with van der Waals surface area (Å²) in [6.45, 7) is 0.693. The second kappa shape index (κ2) is 8.69. The van der Waals surface area contributed by atoms with Gasteiger partial charge in [0.05, 0.1) is 18.5 Å². The van der Waals surface area contributed by atoms with Crippen LogP contribution >= 0.6 is 0 Å². The Labute approximate surface area is 195 Å². The molecule has 5 aliphatic carbocycles. The molecule has 0 saturated heterocycles. The highest BCUT2D eigenvalue weighted by Crippen LogP contribution is 2.60. The molecule has 4 bridgehead atoms. The number of nitrogens with zero attached hydrogens (tertiary/aromatic N) is 2. The predicted octanol–water partition coefficient (Wildman–Crippen LogP) is 4.59. The smallest absolute Gasteiger partial charge is 0.248 e. The summed E-state index contributed by atoms with van der Waals surface area (Å²) in [5.74, 6) is 4.84. The van der Waals surface area contributed by atoms with Crippen LogP contribution in [-0.4, -0.2) is 28.6 Å². The summed E-state index contributed by atoms with van der Waals surface area (Å²) in [4.78, 5) is 19.6. The van der Waals surface area contributed by atoms with E-state index in [-0.39, 0.29) is 12.0 Å². The molecule has 2 N–H and O–H groups in total. The SMILES string of the molecule is NC(=O)c1ccc(OC2CCC(COn3cccn3)CC2)cc1C1C2CC3CC(C2)CC1C3. The van der Waals surface area contributed by atoms with E-state index in [1.54, 1.807) is 6.20 Å². The Morgan fingerprint density at radius 1 is 1.03 bits per heavy atom. The van der Waals surface area contributed by atoms with Crippen molar-refractivity contribution in [2.45, 2.75) is 69.8 Å². The molecule has 176 valence electrons. The van der Waals surface area contributed by atoms with Crippen LogP contribution in [0.4, 0.5) is 0 Å². The molecule has 5 saturated carbocycles. The lowest BCUT2D eigenvalue weighted by Crippen LogP contribution is -2.44. The van der Waals surface area contributed by atoms with Crippen molar-refractivity contribution in [3.8, 4) is 5.75 Å². The fourth-order valence-corrected chi connectivity index (χ4v) is 7.67. The van der Waals surface area contributed by atoms with Gasteiger partial charge in [0.15, 0.2) is 0 Å². The zero-order valence-corrected chi connectivity index (χ0v) is 19.3. The minimum Gasteiger partial charge on any atom is -0.490 e. The average molecular weight is 450 g/mol. The van der Waals surface area contributed by atoms with Crippen molar-refractivity contribution in [3.05, 3.63) is 47.8 Å². The van der Waals surface area contributed by atoms with Crippen LogP contribution in [0.2, 0.25) is 0 Å². The summed E-state index contributed by atoms with van der Waals surface area (Å²) in [6, 6.07) is 7.90. The average Bonchev–Trinajstić information content (AvgIpc) is 3.32. The van der Waals surface area contributed by atoms with Gasteiger partial charge in [0.1, 0.15) is 12.4 Å². The van der Waals surface area contributed by atoms with Gasteiger partial charge in [-0.3, -0.25) is 4.79 Å². The van der Waals surface area contributed by atoms with Crippen molar-refractivity contribution in [1.82, 2.24) is 9.94 Å². The van der Waals surface area contributed by atoms with Crippen LogP contribution in [0.15, 0.2) is 36.7 Å². The third-order valence-corrected chi connectivity index (χ3v) is 8.89. The first-order valence-corrected chi connectivity index (χ1v) is 12.9. The Hall–Kier alpha value is -2.50. The summed E-state index contributed by atoms with van der Waals surface area (Å²) in [6.07, 6.45) is 14.7. The maximum atomic E-state index is 12.3. The van der Waals surface area contributed by atoms with Crippen LogP contribution in [0.5, 0.6) is 5.75 Å². The van der Waals surface area contributed by atoms with Crippen LogP contribution in [-0.2, 0) is 0 Å². The molecule has 0 unspecified atom stereocenters. The van der Waals surface area contributed by atoms with Crippen LogP contribution < -0.4 is 15.3 Å². The van der Waals surface area contributed by atoms with E-state index in [1.807, 2.05) is 24.4 Å². The van der Waals surface area contributed by atoms with Crippen LogP contribution in [0.25, 0.3) is 0 Å². The number of benzene rings is 1. The summed E-state index contributed by atoms with van der Waals surface area (Å²) in [5, 5.41) is 4.10. The number of nitrogens with two attached hydrogens (primary N) is 1. The van der Waals surface area contributed by atoms with Crippen molar-refractivity contribution >= 4 is 5.91 Å². The van der Waals surface area contributed by atoms with Gasteiger partial charge in [-0.25, -0.2) is 0 Å². The van der Waals surface area contributed by atoms with Gasteiger partial charge in [-0.1, -0.05) is 0 Å². The van der Waals surface area contributed by atoms with Crippen molar-refractivity contribution < 1.29 is 14.4 Å². The third-order valence-electron chi connectivity index (χ3n) is 8.89. The van der Waals surface area contributed by atoms with Crippen LogP contribution in [0, 0.1) is 29.6 Å². The second-order valence-corrected chi connectivity index (χ2v) is 11.0. The summed E-state index contributed by atoms with van der Waals surface area (Å²) >= 11 is 0. The van der Waals surface area contributed by atoms with Crippen molar-refractivity contribution in [3.63, 3.8) is 0 Å². The Morgan fingerprint density at radius 2 is 1.76 bits per heavy atom. The first kappa shape index (κ1) is 21.1. The van der Waals surface area contributed by atoms with Crippen LogP contribution in [0.3, 0.4) is 0 Å². The molecule has 5 fully saturated rings. The van der Waals surface area contributed by atoms with Gasteiger partial charge in [0.25, 0.3) is 0 Å². The minimum atomic E-state index is -0.303. The van der Waals surface area contributed by atoms with E-state index in [1.165, 1.54) is 36.9 Å². The van der Waals surface area contributed by atoms with Gasteiger partial charge in [-0.2, -0.15) is 0 Å². The van der Waals surface area contributed by atoms with Crippen molar-refractivity contribution in [1.29, 1.82) is 0 Å². The van der Waals surface area contributed by atoms with E-state index in [9.17, 15) is 4.79 Å². The molecule has 7 rings (SSSR count). The predicted molar refractivity (Wildman–Crippen MR) is 125 cm³/mol. The van der Waals surface area contributed by atoms with Crippen molar-refractivity contribution in [2.75, 3.05) is 6.61 Å². The normalized spacial score (nSPS) is 34.8. The first-order chi connectivity index (χ1) is 16.1. The Morgan fingerprint density at radius 3 is 2.39 bits per heavy atom. The lowest BCUT2D eigenvalue weighted by atomic mass is 9.50. The number of hydrogen-bond donors (Lipinski definition) is 1. The number of ether oxygens (including phenoxy) is 1. The Bertz CT molecular complexity index is 953. The number of hydrogen-bond acceptors (Lipinski definition) is 4. The molecule has 1 amide bonds. The fraction of sp³-hybridized carbons (Fsp3) is 0.630. The standard InChI is InChI=1S/C27H35N3O3/c28-27(31)24-7-6-23(15-25(24)26-20-11-18-10-19(13-20)14-21(26)12-18)33-22-4-2-17(3-5-22)16-32-30-9-1-8-29-30/h1,6-9,15,17-22,26H,2-5,10-14,16H2,(H2,28,31). The van der Waals surface area contributed by atoms with E-state index in [4.69, 9.17) is 15.3 Å². The molecule has 0 spiro atoms. The zero-order valence-electron chi connectivity index (χ0n) is 19.3. The molecule has 5 aliphatic rings. The quantitative estimate of drug-likeness (QED) is 0.671. The van der Waals surface area contributed by atoms with Gasteiger partial charge in [-0.15, -0.1) is 9.94 Å². The molecule has 0 radical (unpaired) electrons. The monoisotopic (exact) mass is 449 g/mol. The molecule has 0 aliphatic heterocycles.